The highest BCUT2D eigenvalue weighted by Gasteiger charge is 2.34. The minimum atomic E-state index is -0.631. The third kappa shape index (κ3) is 5.56. The van der Waals surface area contributed by atoms with Crippen molar-refractivity contribution < 1.29 is 9.21 Å². The van der Waals surface area contributed by atoms with Crippen LogP contribution in [0.5, 0.6) is 0 Å². The first-order valence-corrected chi connectivity index (χ1v) is 14.9. The second-order valence-corrected chi connectivity index (χ2v) is 11.7. The average molecular weight is 594 g/mol. The number of aryl methyl sites for hydroxylation is 2. The number of rotatable bonds is 7. The van der Waals surface area contributed by atoms with Crippen molar-refractivity contribution in [3.63, 3.8) is 0 Å². The van der Waals surface area contributed by atoms with E-state index in [4.69, 9.17) is 21.0 Å². The molecule has 0 unspecified atom stereocenters. The van der Waals surface area contributed by atoms with Crippen molar-refractivity contribution in [1.29, 1.82) is 0 Å². The zero-order chi connectivity index (χ0) is 28.6. The second-order valence-electron chi connectivity index (χ2n) is 9.30. The molecule has 11 heteroatoms. The smallest absolute Gasteiger partial charge is 0.271 e. The van der Waals surface area contributed by atoms with E-state index in [9.17, 15) is 9.59 Å². The molecule has 0 bridgehead atoms. The summed E-state index contributed by atoms with van der Waals surface area (Å²) >= 11 is 8.76. The van der Waals surface area contributed by atoms with Gasteiger partial charge in [0.2, 0.25) is 0 Å². The predicted octanol–water partition coefficient (Wildman–Crippen LogP) is 4.91. The molecule has 0 saturated carbocycles. The van der Waals surface area contributed by atoms with Crippen molar-refractivity contribution in [2.24, 2.45) is 4.99 Å². The van der Waals surface area contributed by atoms with Crippen molar-refractivity contribution in [2.75, 3.05) is 13.1 Å². The summed E-state index contributed by atoms with van der Waals surface area (Å²) in [5.74, 6) is 0.386. The SMILES string of the molecule is CCN(CC)C(=O)C1=C(C)N=c2s/c(=C\c3ccc(Sc4nc(C)cc(C)n4)o3)c(=O)n2[C@H]1c1ccc(Cl)cc1. The van der Waals surface area contributed by atoms with E-state index in [1.165, 1.54) is 23.1 Å². The van der Waals surface area contributed by atoms with Gasteiger partial charge in [-0.05, 0) is 82.3 Å². The van der Waals surface area contributed by atoms with E-state index >= 15 is 0 Å². The van der Waals surface area contributed by atoms with Crippen LogP contribution in [0.1, 0.15) is 49.5 Å². The normalized spacial score (nSPS) is 15.2. The van der Waals surface area contributed by atoms with Gasteiger partial charge in [0.15, 0.2) is 15.1 Å². The minimum absolute atomic E-state index is 0.137. The lowest BCUT2D eigenvalue weighted by atomic mass is 9.94. The van der Waals surface area contributed by atoms with Crippen molar-refractivity contribution in [3.8, 4) is 0 Å². The fourth-order valence-electron chi connectivity index (χ4n) is 4.66. The maximum Gasteiger partial charge on any atom is 0.271 e. The van der Waals surface area contributed by atoms with Gasteiger partial charge in [0.05, 0.1) is 21.8 Å². The minimum Gasteiger partial charge on any atom is -0.450 e. The number of likely N-dealkylation sites (N-methyl/N-ethyl adjacent to an activating group) is 1. The molecule has 0 aliphatic carbocycles. The van der Waals surface area contributed by atoms with Gasteiger partial charge in [0.1, 0.15) is 5.76 Å². The van der Waals surface area contributed by atoms with Crippen LogP contribution in [0.25, 0.3) is 6.08 Å². The number of carbonyl (C=O) groups excluding carboxylic acids is 1. The van der Waals surface area contributed by atoms with Gasteiger partial charge in [-0.15, -0.1) is 0 Å². The summed E-state index contributed by atoms with van der Waals surface area (Å²) in [5.41, 5.74) is 3.38. The fourth-order valence-corrected chi connectivity index (χ4v) is 6.65. The largest absolute Gasteiger partial charge is 0.450 e. The number of halogens is 1. The van der Waals surface area contributed by atoms with Gasteiger partial charge < -0.3 is 9.32 Å². The van der Waals surface area contributed by atoms with E-state index in [0.29, 0.717) is 54.7 Å². The highest BCUT2D eigenvalue weighted by atomic mass is 35.5. The van der Waals surface area contributed by atoms with Crippen molar-refractivity contribution in [2.45, 2.75) is 50.9 Å². The maximum atomic E-state index is 13.9. The Balaban J connectivity index is 1.58. The second kappa shape index (κ2) is 11.6. The molecule has 0 spiro atoms. The third-order valence-corrected chi connectivity index (χ3v) is 8.54. The highest BCUT2D eigenvalue weighted by molar-refractivity contribution is 7.99. The van der Waals surface area contributed by atoms with Crippen LogP contribution < -0.4 is 14.9 Å². The highest BCUT2D eigenvalue weighted by Crippen LogP contribution is 2.32. The van der Waals surface area contributed by atoms with Crippen molar-refractivity contribution >= 4 is 46.7 Å². The lowest BCUT2D eigenvalue weighted by Crippen LogP contribution is -2.43. The maximum absolute atomic E-state index is 13.9. The van der Waals surface area contributed by atoms with Crippen LogP contribution >= 0.6 is 34.7 Å². The summed E-state index contributed by atoms with van der Waals surface area (Å²) in [4.78, 5) is 43.4. The van der Waals surface area contributed by atoms with Crippen molar-refractivity contribution in [3.05, 3.63) is 101 Å². The molecule has 206 valence electrons. The Bertz CT molecular complexity index is 1780. The summed E-state index contributed by atoms with van der Waals surface area (Å²) in [5, 5.41) is 1.79. The van der Waals surface area contributed by atoms with Gasteiger partial charge in [-0.25, -0.2) is 15.0 Å². The molecule has 1 atom stereocenters. The summed E-state index contributed by atoms with van der Waals surface area (Å²) < 4.78 is 8.05. The van der Waals surface area contributed by atoms with Crippen molar-refractivity contribution in [1.82, 2.24) is 19.4 Å². The van der Waals surface area contributed by atoms with E-state index in [-0.39, 0.29) is 11.5 Å². The summed E-state index contributed by atoms with van der Waals surface area (Å²) in [7, 11) is 0. The van der Waals surface area contributed by atoms with E-state index in [2.05, 4.69) is 9.97 Å². The van der Waals surface area contributed by atoms with Crippen LogP contribution in [0.2, 0.25) is 5.02 Å². The van der Waals surface area contributed by atoms with Crippen LogP contribution in [0.4, 0.5) is 0 Å². The molecular weight excluding hydrogens is 566 g/mol. The Labute approximate surface area is 244 Å². The molecule has 8 nitrogen and oxygen atoms in total. The lowest BCUT2D eigenvalue weighted by Gasteiger charge is -2.29. The number of carbonyl (C=O) groups is 1. The van der Waals surface area contributed by atoms with Gasteiger partial charge in [-0.1, -0.05) is 35.1 Å². The Kier molecular flexibility index (Phi) is 8.11. The van der Waals surface area contributed by atoms with Crippen LogP contribution in [-0.4, -0.2) is 38.4 Å². The van der Waals surface area contributed by atoms with Gasteiger partial charge in [-0.2, -0.15) is 0 Å². The molecule has 1 amide bonds. The molecule has 4 heterocycles. The Hall–Kier alpha value is -3.47. The molecule has 1 aromatic carbocycles. The first-order chi connectivity index (χ1) is 19.2. The molecule has 1 aliphatic heterocycles. The number of amides is 1. The van der Waals surface area contributed by atoms with Gasteiger partial charge in [0.25, 0.3) is 11.5 Å². The number of allylic oxidation sites excluding steroid dienone is 1. The molecule has 4 aromatic rings. The standard InChI is InChI=1S/C29H28ClN5O3S2/c1-6-34(7-2)27(37)24-18(5)33-29-35(25(24)19-8-10-20(30)11-9-19)26(36)22(39-29)15-21-12-13-23(38-21)40-28-31-16(3)14-17(4)32-28/h8-15,25H,6-7H2,1-5H3/b22-15-/t25-/m0/s1. The zero-order valence-electron chi connectivity index (χ0n) is 22.8. The van der Waals surface area contributed by atoms with E-state index in [0.717, 1.165) is 17.0 Å². The van der Waals surface area contributed by atoms with Crippen LogP contribution in [0.15, 0.2) is 78.2 Å². The number of aromatic nitrogens is 3. The summed E-state index contributed by atoms with van der Waals surface area (Å²) in [6, 6.07) is 12.2. The number of furan rings is 1. The number of hydrogen-bond acceptors (Lipinski definition) is 8. The molecule has 0 fully saturated rings. The predicted molar refractivity (Wildman–Crippen MR) is 157 cm³/mol. The number of thiazole rings is 1. The molecule has 5 rings (SSSR count). The topological polar surface area (TPSA) is 93.6 Å². The number of fused-ring (bicyclic) bond motifs is 1. The molecule has 0 saturated heterocycles. The Morgan fingerprint density at radius 2 is 1.77 bits per heavy atom. The average Bonchev–Trinajstić information content (AvgIpc) is 3.47. The fraction of sp³-hybridized carbons (Fsp3) is 0.276. The quantitative estimate of drug-likeness (QED) is 0.283. The zero-order valence-corrected chi connectivity index (χ0v) is 25.2. The number of hydrogen-bond donors (Lipinski definition) is 0. The monoisotopic (exact) mass is 593 g/mol. The first kappa shape index (κ1) is 28.1. The molecule has 0 N–H and O–H groups in total. The van der Waals surface area contributed by atoms with Crippen LogP contribution in [-0.2, 0) is 4.79 Å². The van der Waals surface area contributed by atoms with E-state index < -0.39 is 6.04 Å². The summed E-state index contributed by atoms with van der Waals surface area (Å²) in [6.07, 6.45) is 1.71. The molecule has 0 radical (unpaired) electrons. The summed E-state index contributed by atoms with van der Waals surface area (Å²) in [6.45, 7) is 10.6. The number of benzene rings is 1. The van der Waals surface area contributed by atoms with Gasteiger partial charge >= 0.3 is 0 Å². The first-order valence-electron chi connectivity index (χ1n) is 12.9. The van der Waals surface area contributed by atoms with E-state index in [1.807, 2.05) is 58.9 Å². The molecule has 3 aromatic heterocycles. The van der Waals surface area contributed by atoms with Crippen LogP contribution in [0.3, 0.4) is 0 Å². The Morgan fingerprint density at radius 3 is 2.42 bits per heavy atom. The van der Waals surface area contributed by atoms with Gasteiger partial charge in [0, 0.05) is 35.6 Å². The Morgan fingerprint density at radius 1 is 1.10 bits per heavy atom. The number of nitrogens with zero attached hydrogens (tertiary/aromatic N) is 5. The lowest BCUT2D eigenvalue weighted by molar-refractivity contribution is -0.127. The molecule has 1 aliphatic rings. The molecule has 40 heavy (non-hydrogen) atoms. The third-order valence-electron chi connectivity index (χ3n) is 6.52. The van der Waals surface area contributed by atoms with E-state index in [1.54, 1.807) is 33.7 Å². The van der Waals surface area contributed by atoms with Gasteiger partial charge in [-0.3, -0.25) is 14.2 Å². The molecular formula is C29H28ClN5O3S2. The van der Waals surface area contributed by atoms with Crippen LogP contribution in [0, 0.1) is 13.8 Å².